The van der Waals surface area contributed by atoms with E-state index in [2.05, 4.69) is 0 Å². The first-order chi connectivity index (χ1) is 16.4. The summed E-state index contributed by atoms with van der Waals surface area (Å²) in [4.78, 5) is 0. The van der Waals surface area contributed by atoms with Crippen molar-refractivity contribution in [3.05, 3.63) is 66.2 Å². The van der Waals surface area contributed by atoms with E-state index in [1.807, 2.05) is 74.5 Å². The average Bonchev–Trinajstić information content (AvgIpc) is 3.44. The van der Waals surface area contributed by atoms with E-state index in [-0.39, 0.29) is 24.9 Å². The van der Waals surface area contributed by atoms with Crippen LogP contribution in [0.15, 0.2) is 60.7 Å². The Labute approximate surface area is 201 Å². The molecule has 2 aromatic rings. The Kier molecular flexibility index (Phi) is 6.97. The van der Waals surface area contributed by atoms with Gasteiger partial charge in [0.25, 0.3) is 0 Å². The lowest BCUT2D eigenvalue weighted by Crippen LogP contribution is -2.40. The first-order valence-corrected chi connectivity index (χ1v) is 13.8. The Morgan fingerprint density at radius 2 is 1.71 bits per heavy atom. The van der Waals surface area contributed by atoms with Crippen molar-refractivity contribution >= 4 is 12.4 Å². The minimum absolute atomic E-state index is 0.209. The van der Waals surface area contributed by atoms with Crippen molar-refractivity contribution in [2.24, 2.45) is 0 Å². The van der Waals surface area contributed by atoms with Crippen molar-refractivity contribution in [2.75, 3.05) is 19.9 Å². The molecule has 0 amide bonds. The maximum Gasteiger partial charge on any atom is 0.190 e. The zero-order chi connectivity index (χ0) is 23.8. The van der Waals surface area contributed by atoms with Gasteiger partial charge in [-0.05, 0) is 25.8 Å². The zero-order valence-corrected chi connectivity index (χ0v) is 20.8. The molecular formula is C26H33O7P. The van der Waals surface area contributed by atoms with Crippen molar-refractivity contribution in [3.63, 3.8) is 0 Å². The zero-order valence-electron chi connectivity index (χ0n) is 19.9. The van der Waals surface area contributed by atoms with Crippen LogP contribution in [0.5, 0.6) is 0 Å². The molecule has 3 heterocycles. The van der Waals surface area contributed by atoms with Crippen molar-refractivity contribution in [1.29, 1.82) is 0 Å². The van der Waals surface area contributed by atoms with E-state index in [1.165, 1.54) is 0 Å². The third kappa shape index (κ3) is 4.76. The predicted molar refractivity (Wildman–Crippen MR) is 127 cm³/mol. The van der Waals surface area contributed by atoms with Gasteiger partial charge in [0.05, 0.1) is 19.3 Å². The van der Waals surface area contributed by atoms with Crippen molar-refractivity contribution in [1.82, 2.24) is 0 Å². The molecule has 0 N–H and O–H groups in total. The summed E-state index contributed by atoms with van der Waals surface area (Å²) in [6.07, 6.45) is -0.684. The van der Waals surface area contributed by atoms with Gasteiger partial charge >= 0.3 is 0 Å². The van der Waals surface area contributed by atoms with Gasteiger partial charge in [0.15, 0.2) is 12.1 Å². The minimum Gasteiger partial charge on any atom is -0.378 e. The molecule has 3 fully saturated rings. The molecule has 8 heteroatoms. The molecular weight excluding hydrogens is 455 g/mol. The second-order valence-electron chi connectivity index (χ2n) is 9.55. The quantitative estimate of drug-likeness (QED) is 0.522. The lowest BCUT2D eigenvalue weighted by molar-refractivity contribution is -0.226. The Hall–Kier alpha value is -1.57. The molecule has 184 valence electrons. The summed E-state index contributed by atoms with van der Waals surface area (Å²) in [7, 11) is -1.15. The van der Waals surface area contributed by atoms with Crippen LogP contribution in [0.2, 0.25) is 0 Å². The second-order valence-corrected chi connectivity index (χ2v) is 12.6. The van der Waals surface area contributed by atoms with Crippen LogP contribution in [0.3, 0.4) is 0 Å². The molecule has 3 aliphatic rings. The van der Waals surface area contributed by atoms with E-state index in [0.29, 0.717) is 19.2 Å². The highest BCUT2D eigenvalue weighted by atomic mass is 31.2. The third-order valence-corrected chi connectivity index (χ3v) is 10.2. The summed E-state index contributed by atoms with van der Waals surface area (Å²) in [5.74, 6) is -1.28. The Morgan fingerprint density at radius 1 is 1.00 bits per heavy atom. The predicted octanol–water partition coefficient (Wildman–Crippen LogP) is 3.90. The highest BCUT2D eigenvalue weighted by Gasteiger charge is 2.56. The van der Waals surface area contributed by atoms with Gasteiger partial charge in [0.2, 0.25) is 0 Å². The molecule has 0 radical (unpaired) electrons. The van der Waals surface area contributed by atoms with Crippen LogP contribution in [-0.4, -0.2) is 62.2 Å². The average molecular weight is 489 g/mol. The smallest absolute Gasteiger partial charge is 0.190 e. The van der Waals surface area contributed by atoms with Gasteiger partial charge < -0.3 is 33.0 Å². The van der Waals surface area contributed by atoms with Gasteiger partial charge in [-0.1, -0.05) is 60.7 Å². The summed E-state index contributed by atoms with van der Waals surface area (Å²) in [5, 5.41) is 0.828. The van der Waals surface area contributed by atoms with Crippen LogP contribution in [0, 0.1) is 0 Å². The molecule has 0 saturated carbocycles. The molecule has 0 bridgehead atoms. The third-order valence-electron chi connectivity index (χ3n) is 6.77. The largest absolute Gasteiger partial charge is 0.378 e. The van der Waals surface area contributed by atoms with Gasteiger partial charge in [-0.15, -0.1) is 0 Å². The highest BCUT2D eigenvalue weighted by Crippen LogP contribution is 2.58. The molecule has 0 aromatic heterocycles. The van der Waals surface area contributed by atoms with Crippen molar-refractivity contribution < 1.29 is 33.0 Å². The Balaban J connectivity index is 1.32. The number of methoxy groups -OCH3 is 1. The fourth-order valence-corrected chi connectivity index (χ4v) is 8.37. The standard InChI is InChI=1S/C26H33O7P/c1-26(2)32-23-22(29-16-18-10-6-4-7-11-18)21(31-24(23)33-26)17-30-25-20(28-3)14-15-34(25,27)19-12-8-5-9-13-19/h4-13,20-25H,14-17H2,1-3H3/t20-,21-,22+,23-,24-,25-,34?/m0/s1. The number of hydrogen-bond donors (Lipinski definition) is 0. The number of hydrogen-bond acceptors (Lipinski definition) is 7. The van der Waals surface area contributed by atoms with E-state index in [4.69, 9.17) is 28.4 Å². The SMILES string of the molecule is CO[C@H]1CCP(=O)(c2ccccc2)[C@@H]1OC[C@@H]1O[C@H]2OC(C)(C)O[C@H]2[C@@H]1OCc1ccccc1. The molecule has 34 heavy (non-hydrogen) atoms. The van der Waals surface area contributed by atoms with Crippen LogP contribution in [0.1, 0.15) is 25.8 Å². The molecule has 5 rings (SSSR count). The summed E-state index contributed by atoms with van der Waals surface area (Å²) >= 11 is 0. The van der Waals surface area contributed by atoms with Gasteiger partial charge in [-0.25, -0.2) is 0 Å². The van der Waals surface area contributed by atoms with E-state index in [1.54, 1.807) is 7.11 Å². The summed E-state index contributed by atoms with van der Waals surface area (Å²) in [5.41, 5.74) is 1.06. The fraction of sp³-hybridized carbons (Fsp3) is 0.538. The molecule has 7 nitrogen and oxygen atoms in total. The first kappa shape index (κ1) is 24.1. The summed E-state index contributed by atoms with van der Waals surface area (Å²) < 4.78 is 50.7. The molecule has 2 aromatic carbocycles. The first-order valence-electron chi connectivity index (χ1n) is 11.8. The number of fused-ring (bicyclic) bond motifs is 1. The van der Waals surface area contributed by atoms with E-state index >= 15 is 0 Å². The Bertz CT molecular complexity index is 999. The second kappa shape index (κ2) is 9.82. The topological polar surface area (TPSA) is 72.5 Å². The highest BCUT2D eigenvalue weighted by molar-refractivity contribution is 7.72. The summed E-state index contributed by atoms with van der Waals surface area (Å²) in [6, 6.07) is 19.6. The maximum atomic E-state index is 14.1. The van der Waals surface area contributed by atoms with Crippen LogP contribution < -0.4 is 5.30 Å². The number of rotatable bonds is 8. The van der Waals surface area contributed by atoms with E-state index in [0.717, 1.165) is 10.9 Å². The lowest BCUT2D eigenvalue weighted by atomic mass is 10.1. The minimum atomic E-state index is -2.80. The van der Waals surface area contributed by atoms with Gasteiger partial charge in [0, 0.05) is 18.6 Å². The molecule has 3 saturated heterocycles. The molecule has 0 aliphatic carbocycles. The molecule has 0 spiro atoms. The van der Waals surface area contributed by atoms with Gasteiger partial charge in [-0.3, -0.25) is 0 Å². The van der Waals surface area contributed by atoms with Crippen LogP contribution in [0.4, 0.5) is 0 Å². The van der Waals surface area contributed by atoms with Crippen molar-refractivity contribution in [2.45, 2.75) is 69.2 Å². The lowest BCUT2D eigenvalue weighted by Gasteiger charge is -2.29. The normalized spacial score (nSPS) is 36.6. The van der Waals surface area contributed by atoms with E-state index < -0.39 is 31.2 Å². The van der Waals surface area contributed by atoms with Gasteiger partial charge in [-0.2, -0.15) is 0 Å². The van der Waals surface area contributed by atoms with Crippen LogP contribution >= 0.6 is 7.14 Å². The molecule has 3 aliphatic heterocycles. The molecule has 1 unspecified atom stereocenters. The number of ether oxygens (including phenoxy) is 6. The molecule has 7 atom stereocenters. The monoisotopic (exact) mass is 488 g/mol. The van der Waals surface area contributed by atoms with Crippen LogP contribution in [-0.2, 0) is 39.6 Å². The fourth-order valence-electron chi connectivity index (χ4n) is 5.12. The van der Waals surface area contributed by atoms with Gasteiger partial charge in [0.1, 0.15) is 31.3 Å². The number of benzene rings is 2. The van der Waals surface area contributed by atoms with Crippen LogP contribution in [0.25, 0.3) is 0 Å². The van der Waals surface area contributed by atoms with Crippen molar-refractivity contribution in [3.8, 4) is 0 Å². The van der Waals surface area contributed by atoms with E-state index in [9.17, 15) is 4.57 Å². The Morgan fingerprint density at radius 3 is 2.41 bits per heavy atom. The maximum absolute atomic E-state index is 14.1. The summed E-state index contributed by atoms with van der Waals surface area (Å²) in [6.45, 7) is 4.37.